The number of hydrogen-bond donors (Lipinski definition) is 1. The number of carbonyl (C=O) groups is 1. The molecule has 1 aromatic carbocycles. The second-order valence-electron chi connectivity index (χ2n) is 6.19. The van der Waals surface area contributed by atoms with Gasteiger partial charge in [-0.05, 0) is 49.7 Å². The van der Waals surface area contributed by atoms with E-state index in [0.29, 0.717) is 24.2 Å². The number of aromatic hydroxyl groups is 1. The quantitative estimate of drug-likeness (QED) is 0.540. The van der Waals surface area contributed by atoms with E-state index in [1.54, 1.807) is 6.07 Å². The molecule has 0 heterocycles. The summed E-state index contributed by atoms with van der Waals surface area (Å²) in [6, 6.07) is 7.49. The Morgan fingerprint density at radius 1 is 1.23 bits per heavy atom. The molecule has 1 rings (SSSR count). The topological polar surface area (TPSA) is 46.5 Å². The molecule has 0 fully saturated rings. The van der Waals surface area contributed by atoms with Crippen LogP contribution in [0.3, 0.4) is 0 Å². The van der Waals surface area contributed by atoms with E-state index >= 15 is 0 Å². The molecule has 0 aliphatic heterocycles. The zero-order valence-corrected chi connectivity index (χ0v) is 14.0. The van der Waals surface area contributed by atoms with Gasteiger partial charge in [0.15, 0.2) is 0 Å². The zero-order chi connectivity index (χ0) is 16.5. The first-order valence-electron chi connectivity index (χ1n) is 7.95. The van der Waals surface area contributed by atoms with Crippen molar-refractivity contribution >= 4 is 5.97 Å². The van der Waals surface area contributed by atoms with E-state index in [4.69, 9.17) is 4.74 Å². The molecule has 0 aliphatic rings. The van der Waals surface area contributed by atoms with Crippen LogP contribution in [0.4, 0.5) is 0 Å². The molecule has 0 bridgehead atoms. The lowest BCUT2D eigenvalue weighted by atomic mass is 9.86. The second-order valence-corrected chi connectivity index (χ2v) is 6.19. The van der Waals surface area contributed by atoms with Gasteiger partial charge >= 0.3 is 5.97 Å². The lowest BCUT2D eigenvalue weighted by Gasteiger charge is -2.20. The Morgan fingerprint density at radius 3 is 2.50 bits per heavy atom. The Bertz CT molecular complexity index is 493. The summed E-state index contributed by atoms with van der Waals surface area (Å²) in [5.74, 6) is 1.01. The number of para-hydroxylation sites is 1. The Labute approximate surface area is 134 Å². The van der Waals surface area contributed by atoms with Gasteiger partial charge in [0.05, 0.1) is 6.61 Å². The SMILES string of the molecule is C=C(C)C(CCC(C)CCOC(C)=O)Cc1ccccc1O. The number of esters is 1. The first-order valence-corrected chi connectivity index (χ1v) is 7.95. The number of ether oxygens (including phenoxy) is 1. The highest BCUT2D eigenvalue weighted by Gasteiger charge is 2.14. The highest BCUT2D eigenvalue weighted by molar-refractivity contribution is 5.65. The fraction of sp³-hybridized carbons (Fsp3) is 0.526. The van der Waals surface area contributed by atoms with E-state index in [9.17, 15) is 9.90 Å². The molecule has 0 spiro atoms. The molecule has 3 nitrogen and oxygen atoms in total. The second kappa shape index (κ2) is 9.29. The molecular formula is C19H28O3. The van der Waals surface area contributed by atoms with Gasteiger partial charge in [0.25, 0.3) is 0 Å². The molecule has 2 atom stereocenters. The molecule has 2 unspecified atom stereocenters. The van der Waals surface area contributed by atoms with Crippen molar-refractivity contribution in [1.29, 1.82) is 0 Å². The predicted molar refractivity (Wildman–Crippen MR) is 89.8 cm³/mol. The van der Waals surface area contributed by atoms with Gasteiger partial charge in [0.2, 0.25) is 0 Å². The number of allylic oxidation sites excluding steroid dienone is 1. The Morgan fingerprint density at radius 2 is 1.91 bits per heavy atom. The molecule has 3 heteroatoms. The fourth-order valence-electron chi connectivity index (χ4n) is 2.51. The lowest BCUT2D eigenvalue weighted by Crippen LogP contribution is -2.10. The number of phenolic OH excluding ortho intramolecular Hbond substituents is 1. The van der Waals surface area contributed by atoms with Gasteiger partial charge in [-0.15, -0.1) is 0 Å². The smallest absolute Gasteiger partial charge is 0.302 e. The van der Waals surface area contributed by atoms with E-state index in [2.05, 4.69) is 13.5 Å². The average molecular weight is 304 g/mol. The van der Waals surface area contributed by atoms with Crippen molar-refractivity contribution in [3.8, 4) is 5.75 Å². The van der Waals surface area contributed by atoms with Crippen LogP contribution in [0, 0.1) is 11.8 Å². The van der Waals surface area contributed by atoms with Gasteiger partial charge in [0.1, 0.15) is 5.75 Å². The molecule has 0 radical (unpaired) electrons. The first kappa shape index (κ1) is 18.3. The van der Waals surface area contributed by atoms with Crippen molar-refractivity contribution in [2.24, 2.45) is 11.8 Å². The van der Waals surface area contributed by atoms with E-state index in [0.717, 1.165) is 36.8 Å². The fourth-order valence-corrected chi connectivity index (χ4v) is 2.51. The molecule has 0 aliphatic carbocycles. The van der Waals surface area contributed by atoms with Crippen LogP contribution < -0.4 is 0 Å². The molecule has 0 saturated heterocycles. The number of phenols is 1. The minimum atomic E-state index is -0.216. The van der Waals surface area contributed by atoms with Crippen LogP contribution in [0.15, 0.2) is 36.4 Å². The van der Waals surface area contributed by atoms with E-state index in [-0.39, 0.29) is 5.97 Å². The molecule has 22 heavy (non-hydrogen) atoms. The van der Waals surface area contributed by atoms with E-state index < -0.39 is 0 Å². The van der Waals surface area contributed by atoms with Crippen LogP contribution in [0.25, 0.3) is 0 Å². The Hall–Kier alpha value is -1.77. The Balaban J connectivity index is 2.46. The predicted octanol–water partition coefficient (Wildman–Crippen LogP) is 4.50. The number of benzene rings is 1. The van der Waals surface area contributed by atoms with Gasteiger partial charge in [-0.3, -0.25) is 4.79 Å². The van der Waals surface area contributed by atoms with Crippen molar-refractivity contribution in [3.63, 3.8) is 0 Å². The van der Waals surface area contributed by atoms with Crippen LogP contribution >= 0.6 is 0 Å². The summed E-state index contributed by atoms with van der Waals surface area (Å²) >= 11 is 0. The van der Waals surface area contributed by atoms with Crippen LogP contribution in [0.2, 0.25) is 0 Å². The van der Waals surface area contributed by atoms with Crippen LogP contribution in [-0.2, 0) is 16.0 Å². The third kappa shape index (κ3) is 6.79. The number of hydrogen-bond acceptors (Lipinski definition) is 3. The monoisotopic (exact) mass is 304 g/mol. The number of carbonyl (C=O) groups excluding carboxylic acids is 1. The molecule has 0 amide bonds. The minimum absolute atomic E-state index is 0.216. The van der Waals surface area contributed by atoms with E-state index in [1.165, 1.54) is 6.92 Å². The van der Waals surface area contributed by atoms with Crippen LogP contribution in [0.1, 0.15) is 45.6 Å². The average Bonchev–Trinajstić information content (AvgIpc) is 2.44. The minimum Gasteiger partial charge on any atom is -0.508 e. The van der Waals surface area contributed by atoms with Gasteiger partial charge in [-0.1, -0.05) is 43.7 Å². The van der Waals surface area contributed by atoms with E-state index in [1.807, 2.05) is 25.1 Å². The van der Waals surface area contributed by atoms with Crippen molar-refractivity contribution in [2.45, 2.75) is 46.5 Å². The summed E-state index contributed by atoms with van der Waals surface area (Å²) in [5, 5.41) is 9.91. The van der Waals surface area contributed by atoms with Gasteiger partial charge in [-0.2, -0.15) is 0 Å². The maximum Gasteiger partial charge on any atom is 0.302 e. The van der Waals surface area contributed by atoms with Crippen LogP contribution in [0.5, 0.6) is 5.75 Å². The molecule has 1 N–H and O–H groups in total. The summed E-state index contributed by atoms with van der Waals surface area (Å²) < 4.78 is 4.99. The molecule has 0 saturated carbocycles. The standard InChI is InChI=1S/C19H28O3/c1-14(2)17(13-18-7-5-6-8-19(18)21)10-9-15(3)11-12-22-16(4)20/h5-8,15,17,21H,1,9-13H2,2-4H3. The lowest BCUT2D eigenvalue weighted by molar-refractivity contribution is -0.141. The molecule has 122 valence electrons. The first-order chi connectivity index (χ1) is 10.4. The molecule has 0 aromatic heterocycles. The third-order valence-electron chi connectivity index (χ3n) is 4.08. The van der Waals surface area contributed by atoms with Gasteiger partial charge in [-0.25, -0.2) is 0 Å². The summed E-state index contributed by atoms with van der Waals surface area (Å²) in [5.41, 5.74) is 2.12. The van der Waals surface area contributed by atoms with Crippen LogP contribution in [-0.4, -0.2) is 17.7 Å². The summed E-state index contributed by atoms with van der Waals surface area (Å²) in [7, 11) is 0. The zero-order valence-electron chi connectivity index (χ0n) is 14.0. The van der Waals surface area contributed by atoms with Crippen molar-refractivity contribution in [1.82, 2.24) is 0 Å². The highest BCUT2D eigenvalue weighted by Crippen LogP contribution is 2.27. The van der Waals surface area contributed by atoms with Crippen molar-refractivity contribution < 1.29 is 14.6 Å². The highest BCUT2D eigenvalue weighted by atomic mass is 16.5. The van der Waals surface area contributed by atoms with Gasteiger partial charge in [0, 0.05) is 6.92 Å². The summed E-state index contributed by atoms with van der Waals surface area (Å²) in [6.45, 7) is 10.3. The maximum absolute atomic E-state index is 10.8. The summed E-state index contributed by atoms with van der Waals surface area (Å²) in [4.78, 5) is 10.8. The maximum atomic E-state index is 10.8. The number of rotatable bonds is 9. The van der Waals surface area contributed by atoms with Crippen molar-refractivity contribution in [2.75, 3.05) is 6.61 Å². The Kier molecular flexibility index (Phi) is 7.72. The summed E-state index contributed by atoms with van der Waals surface area (Å²) in [6.07, 6.45) is 3.80. The normalized spacial score (nSPS) is 13.4. The molecular weight excluding hydrogens is 276 g/mol. The largest absolute Gasteiger partial charge is 0.508 e. The molecule has 1 aromatic rings. The van der Waals surface area contributed by atoms with Crippen molar-refractivity contribution in [3.05, 3.63) is 42.0 Å². The van der Waals surface area contributed by atoms with Gasteiger partial charge < -0.3 is 9.84 Å². The third-order valence-corrected chi connectivity index (χ3v) is 4.08.